The van der Waals surface area contributed by atoms with Gasteiger partial charge in [-0.05, 0) is 25.7 Å². The molecule has 0 radical (unpaired) electrons. The molecule has 0 aromatic rings. The van der Waals surface area contributed by atoms with Crippen LogP contribution in [0.1, 0.15) is 25.7 Å². The van der Waals surface area contributed by atoms with Crippen molar-refractivity contribution in [3.63, 3.8) is 0 Å². The Bertz CT molecular complexity index is 228. The van der Waals surface area contributed by atoms with Gasteiger partial charge in [0.1, 0.15) is 12.2 Å². The van der Waals surface area contributed by atoms with Crippen LogP contribution in [0.5, 0.6) is 0 Å². The summed E-state index contributed by atoms with van der Waals surface area (Å²) in [6.07, 6.45) is -1.40. The maximum atomic E-state index is 10.3. The molecule has 0 aliphatic heterocycles. The zero-order chi connectivity index (χ0) is 14.0. The maximum Gasteiger partial charge on any atom is 0.506 e. The van der Waals surface area contributed by atoms with Crippen LogP contribution in [-0.4, -0.2) is 58.2 Å². The predicted molar refractivity (Wildman–Crippen MR) is 58.4 cm³/mol. The first-order valence-electron chi connectivity index (χ1n) is 5.52. The van der Waals surface area contributed by atoms with Crippen molar-refractivity contribution in [1.82, 2.24) is 0 Å². The van der Waals surface area contributed by atoms with Crippen molar-refractivity contribution in [2.75, 3.05) is 13.2 Å². The number of hydrogen-bond donors (Lipinski definition) is 4. The van der Waals surface area contributed by atoms with Crippen molar-refractivity contribution in [2.45, 2.75) is 37.9 Å². The molecule has 0 amide bonds. The summed E-state index contributed by atoms with van der Waals surface area (Å²) in [5.41, 5.74) is 0. The van der Waals surface area contributed by atoms with E-state index in [1.165, 1.54) is 0 Å². The number of hydrogen-bond acceptors (Lipinski definition) is 6. The largest absolute Gasteiger partial charge is 0.506 e. The van der Waals surface area contributed by atoms with Gasteiger partial charge in [0.15, 0.2) is 0 Å². The van der Waals surface area contributed by atoms with Crippen LogP contribution in [0, 0.1) is 0 Å². The van der Waals surface area contributed by atoms with Gasteiger partial charge in [0.25, 0.3) is 0 Å². The highest BCUT2D eigenvalue weighted by molar-refractivity contribution is 5.58. The van der Waals surface area contributed by atoms with Gasteiger partial charge in [-0.25, -0.2) is 9.59 Å². The predicted octanol–water partition coefficient (Wildman–Crippen LogP) is 0.658. The molecule has 1 aliphatic rings. The van der Waals surface area contributed by atoms with Crippen LogP contribution in [0.25, 0.3) is 0 Å². The van der Waals surface area contributed by atoms with Gasteiger partial charge in [-0.1, -0.05) is 0 Å². The molecule has 18 heavy (non-hydrogen) atoms. The summed E-state index contributed by atoms with van der Waals surface area (Å²) in [7, 11) is 0. The number of ether oxygens (including phenoxy) is 2. The minimum absolute atomic E-state index is 0.125. The van der Waals surface area contributed by atoms with Crippen LogP contribution in [0.4, 0.5) is 9.59 Å². The molecular formula is C10H18O8. The third-order valence-corrected chi connectivity index (χ3v) is 2.25. The van der Waals surface area contributed by atoms with Crippen molar-refractivity contribution < 1.29 is 39.5 Å². The normalized spacial score (nSPS) is 22.3. The van der Waals surface area contributed by atoms with Crippen LogP contribution in [0.3, 0.4) is 0 Å². The van der Waals surface area contributed by atoms with E-state index < -0.39 is 24.5 Å². The molecule has 0 bridgehead atoms. The second kappa shape index (κ2) is 9.49. The highest BCUT2D eigenvalue weighted by Crippen LogP contribution is 2.24. The Morgan fingerprint density at radius 2 is 1.22 bits per heavy atom. The second-order valence-electron chi connectivity index (χ2n) is 3.58. The molecule has 0 aromatic heterocycles. The van der Waals surface area contributed by atoms with Crippen LogP contribution >= 0.6 is 0 Å². The third-order valence-electron chi connectivity index (χ3n) is 2.25. The minimum Gasteiger partial charge on any atom is -0.450 e. The maximum absolute atomic E-state index is 10.3. The molecule has 0 heterocycles. The first-order valence-corrected chi connectivity index (χ1v) is 5.52. The average molecular weight is 266 g/mol. The number of rotatable bonds is 3. The Labute approximate surface area is 104 Å². The number of carboxylic acid groups (broad SMARTS) is 2. The van der Waals surface area contributed by atoms with E-state index in [4.69, 9.17) is 20.4 Å². The summed E-state index contributed by atoms with van der Waals surface area (Å²) < 4.78 is 9.07. The van der Waals surface area contributed by atoms with Crippen molar-refractivity contribution in [3.05, 3.63) is 0 Å². The fraction of sp³-hybridized carbons (Fsp3) is 0.800. The number of carbonyl (C=O) groups is 2. The van der Waals surface area contributed by atoms with Gasteiger partial charge in [0, 0.05) is 0 Å². The monoisotopic (exact) mass is 266 g/mol. The molecule has 2 atom stereocenters. The Balaban J connectivity index is 0.000000631. The summed E-state index contributed by atoms with van der Waals surface area (Å²) in [5, 5.41) is 32.0. The fourth-order valence-electron chi connectivity index (χ4n) is 1.59. The van der Waals surface area contributed by atoms with Gasteiger partial charge < -0.3 is 29.9 Å². The van der Waals surface area contributed by atoms with Crippen LogP contribution in [-0.2, 0) is 9.47 Å². The highest BCUT2D eigenvalue weighted by Gasteiger charge is 2.31. The lowest BCUT2D eigenvalue weighted by molar-refractivity contribution is -0.0576. The average Bonchev–Trinajstić information content (AvgIpc) is 2.31. The first kappa shape index (κ1) is 16.5. The molecule has 4 N–H and O–H groups in total. The summed E-state index contributed by atoms with van der Waals surface area (Å²) >= 11 is 0. The molecule has 8 heteroatoms. The summed E-state index contributed by atoms with van der Waals surface area (Å²) in [5.74, 6) is 0. The zero-order valence-electron chi connectivity index (χ0n) is 9.82. The second-order valence-corrected chi connectivity index (χ2v) is 3.58. The Hall–Kier alpha value is -1.54. The standard InChI is InChI=1S/C8H12O6.C2H6O2/c9-7(10)13-5-3-1-2-4-6(5)14-8(11)12;3-1-2-4/h5-6H,1-4H2,(H,9,10)(H,11,12);3-4H,1-2H2. The molecule has 1 aliphatic carbocycles. The van der Waals surface area contributed by atoms with Crippen LogP contribution in [0.15, 0.2) is 0 Å². The topological polar surface area (TPSA) is 134 Å². The van der Waals surface area contributed by atoms with Crippen molar-refractivity contribution in [1.29, 1.82) is 0 Å². The molecule has 1 saturated carbocycles. The summed E-state index contributed by atoms with van der Waals surface area (Å²) in [6.45, 7) is -0.250. The van der Waals surface area contributed by atoms with Gasteiger partial charge >= 0.3 is 12.3 Å². The smallest absolute Gasteiger partial charge is 0.450 e. The van der Waals surface area contributed by atoms with Crippen LogP contribution < -0.4 is 0 Å². The first-order chi connectivity index (χ1) is 8.51. The van der Waals surface area contributed by atoms with Crippen molar-refractivity contribution in [2.24, 2.45) is 0 Å². The molecule has 0 aromatic carbocycles. The van der Waals surface area contributed by atoms with E-state index in [-0.39, 0.29) is 13.2 Å². The van der Waals surface area contributed by atoms with E-state index in [0.29, 0.717) is 12.8 Å². The summed E-state index contributed by atoms with van der Waals surface area (Å²) in [6, 6.07) is 0. The van der Waals surface area contributed by atoms with Crippen molar-refractivity contribution >= 4 is 12.3 Å². The van der Waals surface area contributed by atoms with Crippen LogP contribution in [0.2, 0.25) is 0 Å². The lowest BCUT2D eigenvalue weighted by Crippen LogP contribution is -2.37. The lowest BCUT2D eigenvalue weighted by Gasteiger charge is -2.28. The Morgan fingerprint density at radius 3 is 1.44 bits per heavy atom. The SMILES string of the molecule is O=C(O)OC1CCCCC1OC(=O)O.OCCO. The van der Waals surface area contributed by atoms with Gasteiger partial charge in [-0.2, -0.15) is 0 Å². The molecule has 1 rings (SSSR count). The van der Waals surface area contributed by atoms with E-state index >= 15 is 0 Å². The number of aliphatic hydroxyl groups excluding tert-OH is 2. The highest BCUT2D eigenvalue weighted by atomic mass is 16.7. The van der Waals surface area contributed by atoms with Crippen molar-refractivity contribution in [3.8, 4) is 0 Å². The van der Waals surface area contributed by atoms with E-state index in [1.807, 2.05) is 0 Å². The molecule has 0 spiro atoms. The third kappa shape index (κ3) is 7.69. The molecule has 2 unspecified atom stereocenters. The quantitative estimate of drug-likeness (QED) is 0.547. The van der Waals surface area contributed by atoms with E-state index in [1.54, 1.807) is 0 Å². The summed E-state index contributed by atoms with van der Waals surface area (Å²) in [4.78, 5) is 20.5. The Morgan fingerprint density at radius 1 is 0.889 bits per heavy atom. The molecule has 8 nitrogen and oxygen atoms in total. The molecule has 0 saturated heterocycles. The van der Waals surface area contributed by atoms with E-state index in [0.717, 1.165) is 12.8 Å². The molecular weight excluding hydrogens is 248 g/mol. The zero-order valence-corrected chi connectivity index (χ0v) is 9.82. The molecule has 106 valence electrons. The lowest BCUT2D eigenvalue weighted by atomic mass is 9.95. The molecule has 1 fully saturated rings. The van der Waals surface area contributed by atoms with Gasteiger partial charge in [-0.15, -0.1) is 0 Å². The van der Waals surface area contributed by atoms with Gasteiger partial charge in [0.2, 0.25) is 0 Å². The minimum atomic E-state index is -1.39. The Kier molecular flexibility index (Phi) is 8.67. The van der Waals surface area contributed by atoms with E-state index in [9.17, 15) is 9.59 Å². The number of aliphatic hydroxyl groups is 2. The van der Waals surface area contributed by atoms with Gasteiger partial charge in [0.05, 0.1) is 13.2 Å². The fourth-order valence-corrected chi connectivity index (χ4v) is 1.59. The van der Waals surface area contributed by atoms with Gasteiger partial charge in [-0.3, -0.25) is 0 Å². The van der Waals surface area contributed by atoms with E-state index in [2.05, 4.69) is 9.47 Å².